The maximum Gasteiger partial charge on any atom is 1.00 e. The van der Waals surface area contributed by atoms with E-state index in [1.165, 1.54) is 0 Å². The smallest absolute Gasteiger partial charge is 1.00 e. The Labute approximate surface area is 85.0 Å². The first-order valence-electron chi connectivity index (χ1n) is 0.816. The van der Waals surface area contributed by atoms with Gasteiger partial charge in [0, 0.05) is 0 Å². The van der Waals surface area contributed by atoms with Crippen molar-refractivity contribution in [3.8, 4) is 0 Å². The Bertz CT molecular complexity index is 13.7. The molecule has 0 fully saturated rings. The molecule has 0 N–H and O–H groups in total. The van der Waals surface area contributed by atoms with E-state index in [9.17, 15) is 0 Å². The van der Waals surface area contributed by atoms with Gasteiger partial charge < -0.3 is 2.85 Å². The molecule has 0 aromatic carbocycles. The van der Waals surface area contributed by atoms with Crippen molar-refractivity contribution in [3.63, 3.8) is 0 Å². The molecule has 0 bridgehead atoms. The van der Waals surface area contributed by atoms with Gasteiger partial charge in [0.2, 0.25) is 0 Å². The first-order valence-corrected chi connectivity index (χ1v) is 2.45. The molecule has 0 atom stereocenters. The second-order valence-electron chi connectivity index (χ2n) is 0.408. The van der Waals surface area contributed by atoms with Crippen LogP contribution < -0.4 is 59.1 Å². The van der Waals surface area contributed by atoms with Gasteiger partial charge in [0.05, 0.1) is 0 Å². The molecule has 3 heteroatoms. The number of rotatable bonds is 0. The standard InChI is InChI=1S/C2H6S.2Na.2H/c1-3-2;;;;/h1-2H3;;;;/q;2*+1;2*-1. The quantitative estimate of drug-likeness (QED) is 0.282. The Hall–Kier alpha value is 2.35. The van der Waals surface area contributed by atoms with Gasteiger partial charge in [-0.2, -0.15) is 11.8 Å². The summed E-state index contributed by atoms with van der Waals surface area (Å²) < 4.78 is 0. The topological polar surface area (TPSA) is 0 Å². The zero-order valence-electron chi connectivity index (χ0n) is 6.41. The van der Waals surface area contributed by atoms with Crippen molar-refractivity contribution >= 4 is 11.8 Å². The summed E-state index contributed by atoms with van der Waals surface area (Å²) in [5, 5.41) is 0. The van der Waals surface area contributed by atoms with Gasteiger partial charge in [0.1, 0.15) is 0 Å². The summed E-state index contributed by atoms with van der Waals surface area (Å²) >= 11 is 1.75. The Morgan fingerprint density at radius 2 is 1.20 bits per heavy atom. The predicted molar refractivity (Wildman–Crippen MR) is 21.7 cm³/mol. The summed E-state index contributed by atoms with van der Waals surface area (Å²) in [5.41, 5.74) is 0. The third-order valence-corrected chi connectivity index (χ3v) is 0. The van der Waals surface area contributed by atoms with Crippen LogP contribution in [0.25, 0.3) is 0 Å². The van der Waals surface area contributed by atoms with Crippen LogP contribution in [0.2, 0.25) is 0 Å². The van der Waals surface area contributed by atoms with Crippen LogP contribution >= 0.6 is 11.8 Å². The third-order valence-electron chi connectivity index (χ3n) is 0. The molecule has 0 unspecified atom stereocenters. The summed E-state index contributed by atoms with van der Waals surface area (Å²) in [7, 11) is 0. The summed E-state index contributed by atoms with van der Waals surface area (Å²) in [4.78, 5) is 0. The van der Waals surface area contributed by atoms with Crippen molar-refractivity contribution in [3.05, 3.63) is 0 Å². The fourth-order valence-corrected chi connectivity index (χ4v) is 0. The van der Waals surface area contributed by atoms with E-state index in [4.69, 9.17) is 0 Å². The van der Waals surface area contributed by atoms with Crippen LogP contribution in [0.3, 0.4) is 0 Å². The molecule has 0 saturated heterocycles. The molecule has 0 aromatic rings. The first kappa shape index (κ1) is 15.7. The maximum atomic E-state index is 2.04. The molecule has 0 spiro atoms. The van der Waals surface area contributed by atoms with E-state index in [2.05, 4.69) is 0 Å². The number of hydrogen-bond donors (Lipinski definition) is 0. The molecule has 0 rings (SSSR count). The van der Waals surface area contributed by atoms with Gasteiger partial charge in [-0.3, -0.25) is 0 Å². The van der Waals surface area contributed by atoms with Gasteiger partial charge in [-0.1, -0.05) is 0 Å². The van der Waals surface area contributed by atoms with E-state index in [0.717, 1.165) is 0 Å². The molecular formula is C2H8Na2S. The van der Waals surface area contributed by atoms with Crippen molar-refractivity contribution in [1.29, 1.82) is 0 Å². The zero-order chi connectivity index (χ0) is 2.71. The monoisotopic (exact) mass is 110 g/mol. The van der Waals surface area contributed by atoms with Crippen LogP contribution in [-0.2, 0) is 0 Å². The van der Waals surface area contributed by atoms with Crippen LogP contribution in [0.5, 0.6) is 0 Å². The van der Waals surface area contributed by atoms with E-state index in [1.54, 1.807) is 11.8 Å². The zero-order valence-corrected chi connectivity index (χ0v) is 9.22. The van der Waals surface area contributed by atoms with Gasteiger partial charge in [-0.05, 0) is 12.5 Å². The molecule has 24 valence electrons. The Kier molecular flexibility index (Phi) is 50.7. The average Bonchev–Trinajstić information content (AvgIpc) is 0.918. The first-order chi connectivity index (χ1) is 1.41. The minimum atomic E-state index is 0. The molecule has 0 aliphatic carbocycles. The fourth-order valence-electron chi connectivity index (χ4n) is 0. The molecule has 0 amide bonds. The van der Waals surface area contributed by atoms with Gasteiger partial charge in [0.25, 0.3) is 0 Å². The van der Waals surface area contributed by atoms with Crippen LogP contribution in [0, 0.1) is 0 Å². The normalized spacial score (nSPS) is 3.60. The molecule has 0 aliphatic rings. The number of thioether (sulfide) groups is 1. The summed E-state index contributed by atoms with van der Waals surface area (Å²) in [6, 6.07) is 0. The summed E-state index contributed by atoms with van der Waals surface area (Å²) in [5.74, 6) is 0. The Morgan fingerprint density at radius 1 is 1.20 bits per heavy atom. The van der Waals surface area contributed by atoms with E-state index in [1.807, 2.05) is 12.5 Å². The van der Waals surface area contributed by atoms with Crippen molar-refractivity contribution in [1.82, 2.24) is 0 Å². The fraction of sp³-hybridized carbons (Fsp3) is 1.00. The van der Waals surface area contributed by atoms with Crippen molar-refractivity contribution in [2.75, 3.05) is 12.5 Å². The van der Waals surface area contributed by atoms with Crippen LogP contribution in [0.1, 0.15) is 2.85 Å². The van der Waals surface area contributed by atoms with E-state index in [0.29, 0.717) is 0 Å². The molecule has 5 heavy (non-hydrogen) atoms. The van der Waals surface area contributed by atoms with Crippen molar-refractivity contribution in [2.45, 2.75) is 0 Å². The van der Waals surface area contributed by atoms with Crippen molar-refractivity contribution in [2.24, 2.45) is 0 Å². The second kappa shape index (κ2) is 16.2. The molecule has 0 aliphatic heterocycles. The number of hydrogen-bond acceptors (Lipinski definition) is 1. The molecule has 0 saturated carbocycles. The van der Waals surface area contributed by atoms with E-state index in [-0.39, 0.29) is 62.0 Å². The van der Waals surface area contributed by atoms with Crippen LogP contribution in [0.4, 0.5) is 0 Å². The van der Waals surface area contributed by atoms with Gasteiger partial charge in [0.15, 0.2) is 0 Å². The van der Waals surface area contributed by atoms with Gasteiger partial charge in [-0.15, -0.1) is 0 Å². The van der Waals surface area contributed by atoms with E-state index < -0.39 is 0 Å². The molecule has 0 nitrogen and oxygen atoms in total. The molecule has 0 radical (unpaired) electrons. The third kappa shape index (κ3) is 21.8. The van der Waals surface area contributed by atoms with Crippen LogP contribution in [0.15, 0.2) is 0 Å². The second-order valence-corrected chi connectivity index (χ2v) is 1.22. The van der Waals surface area contributed by atoms with Crippen LogP contribution in [-0.4, -0.2) is 12.5 Å². The maximum absolute atomic E-state index is 2.04. The van der Waals surface area contributed by atoms with Gasteiger partial charge >= 0.3 is 59.1 Å². The Morgan fingerprint density at radius 3 is 1.20 bits per heavy atom. The molecular weight excluding hydrogens is 102 g/mol. The summed E-state index contributed by atoms with van der Waals surface area (Å²) in [6.45, 7) is 0. The van der Waals surface area contributed by atoms with Crippen molar-refractivity contribution < 1.29 is 62.0 Å². The predicted octanol–water partition coefficient (Wildman–Crippen LogP) is -4.79. The summed E-state index contributed by atoms with van der Waals surface area (Å²) in [6.07, 6.45) is 4.08. The van der Waals surface area contributed by atoms with E-state index >= 15 is 0 Å². The minimum Gasteiger partial charge on any atom is -1.00 e. The molecule has 0 aromatic heterocycles. The Balaban J connectivity index is -0.00000000333. The largest absolute Gasteiger partial charge is 1.00 e. The minimum absolute atomic E-state index is 0. The SMILES string of the molecule is CSC.[H-].[H-].[Na+].[Na+]. The average molecular weight is 110 g/mol. The molecule has 0 heterocycles. The van der Waals surface area contributed by atoms with Gasteiger partial charge in [-0.25, -0.2) is 0 Å².